The zero-order valence-electron chi connectivity index (χ0n) is 13.2. The predicted octanol–water partition coefficient (Wildman–Crippen LogP) is 3.89. The van der Waals surface area contributed by atoms with Crippen LogP contribution in [0.4, 0.5) is 0 Å². The Morgan fingerprint density at radius 2 is 1.84 bits per heavy atom. The number of rotatable bonds is 3. The summed E-state index contributed by atoms with van der Waals surface area (Å²) in [6.07, 6.45) is 8.32. The monoisotopic (exact) mass is 265 g/mol. The molecule has 2 rings (SSSR count). The normalized spacial score (nSPS) is 35.6. The molecule has 0 spiro atoms. The second-order valence-electron chi connectivity index (χ2n) is 7.88. The third kappa shape index (κ3) is 4.05. The lowest BCUT2D eigenvalue weighted by Gasteiger charge is -2.39. The Bertz CT molecular complexity index is 315. The Labute approximate surface area is 118 Å². The Balaban J connectivity index is 1.87. The van der Waals surface area contributed by atoms with Crippen LogP contribution in [0, 0.1) is 17.3 Å². The molecule has 0 aromatic carbocycles. The Morgan fingerprint density at radius 1 is 1.21 bits per heavy atom. The van der Waals surface area contributed by atoms with Gasteiger partial charge >= 0.3 is 0 Å². The minimum atomic E-state index is 0.285. The first kappa shape index (κ1) is 15.0. The maximum atomic E-state index is 12.1. The fraction of sp³-hybridized carbons (Fsp3) is 0.941. The summed E-state index contributed by atoms with van der Waals surface area (Å²) in [7, 11) is 2.23. The van der Waals surface area contributed by atoms with E-state index in [1.54, 1.807) is 0 Å². The van der Waals surface area contributed by atoms with Crippen molar-refractivity contribution in [2.75, 3.05) is 13.6 Å². The van der Waals surface area contributed by atoms with Crippen molar-refractivity contribution in [1.82, 2.24) is 4.90 Å². The van der Waals surface area contributed by atoms with Gasteiger partial charge in [0.1, 0.15) is 5.78 Å². The van der Waals surface area contributed by atoms with Gasteiger partial charge in [-0.2, -0.15) is 0 Å². The smallest absolute Gasteiger partial charge is 0.137 e. The molecule has 1 atom stereocenters. The van der Waals surface area contributed by atoms with Crippen LogP contribution in [0.15, 0.2) is 0 Å². The van der Waals surface area contributed by atoms with E-state index in [4.69, 9.17) is 0 Å². The third-order valence-electron chi connectivity index (χ3n) is 5.42. The van der Waals surface area contributed by atoms with Gasteiger partial charge in [0.2, 0.25) is 0 Å². The lowest BCUT2D eigenvalue weighted by Crippen LogP contribution is -2.42. The van der Waals surface area contributed by atoms with Crippen molar-refractivity contribution in [2.45, 2.75) is 71.8 Å². The van der Waals surface area contributed by atoms with E-state index in [1.807, 2.05) is 0 Å². The molecule has 2 fully saturated rings. The van der Waals surface area contributed by atoms with Gasteiger partial charge in [0.25, 0.3) is 0 Å². The molecule has 2 aliphatic carbocycles. The molecule has 0 radical (unpaired) electrons. The summed E-state index contributed by atoms with van der Waals surface area (Å²) >= 11 is 0. The number of ketones is 1. The van der Waals surface area contributed by atoms with Gasteiger partial charge in [0, 0.05) is 24.9 Å². The van der Waals surface area contributed by atoms with E-state index in [-0.39, 0.29) is 5.92 Å². The highest BCUT2D eigenvalue weighted by atomic mass is 16.1. The van der Waals surface area contributed by atoms with E-state index in [9.17, 15) is 4.79 Å². The maximum absolute atomic E-state index is 12.1. The van der Waals surface area contributed by atoms with Gasteiger partial charge in [-0.1, -0.05) is 20.8 Å². The number of hydrogen-bond donors (Lipinski definition) is 0. The van der Waals surface area contributed by atoms with Gasteiger partial charge in [0.15, 0.2) is 0 Å². The van der Waals surface area contributed by atoms with E-state index >= 15 is 0 Å². The molecule has 0 heterocycles. The zero-order chi connectivity index (χ0) is 14.0. The fourth-order valence-electron chi connectivity index (χ4n) is 3.89. The SMILES string of the molecule is CC1CCC(N(C)CC2CC(C)(C)CCC2=O)CC1. The molecule has 1 unspecified atom stereocenters. The van der Waals surface area contributed by atoms with E-state index < -0.39 is 0 Å². The molecule has 0 bridgehead atoms. The molecule has 2 nitrogen and oxygen atoms in total. The van der Waals surface area contributed by atoms with Gasteiger partial charge in [-0.25, -0.2) is 0 Å². The molecule has 19 heavy (non-hydrogen) atoms. The highest BCUT2D eigenvalue weighted by Gasteiger charge is 2.35. The quantitative estimate of drug-likeness (QED) is 0.771. The molecule has 0 aliphatic heterocycles. The number of Topliss-reactive ketones (excluding diaryl/α,β-unsaturated/α-hetero) is 1. The number of hydrogen-bond acceptors (Lipinski definition) is 2. The van der Waals surface area contributed by atoms with Crippen LogP contribution in [0.3, 0.4) is 0 Å². The minimum Gasteiger partial charge on any atom is -0.303 e. The van der Waals surface area contributed by atoms with Crippen molar-refractivity contribution in [3.05, 3.63) is 0 Å². The fourth-order valence-corrected chi connectivity index (χ4v) is 3.89. The number of nitrogens with zero attached hydrogens (tertiary/aromatic N) is 1. The molecule has 110 valence electrons. The predicted molar refractivity (Wildman–Crippen MR) is 80.2 cm³/mol. The first-order valence-corrected chi connectivity index (χ1v) is 8.10. The van der Waals surface area contributed by atoms with Crippen molar-refractivity contribution < 1.29 is 4.79 Å². The van der Waals surface area contributed by atoms with Crippen LogP contribution in [0.1, 0.15) is 65.7 Å². The van der Waals surface area contributed by atoms with Crippen molar-refractivity contribution in [3.8, 4) is 0 Å². The van der Waals surface area contributed by atoms with Gasteiger partial charge in [-0.15, -0.1) is 0 Å². The average molecular weight is 265 g/mol. The Morgan fingerprint density at radius 3 is 2.47 bits per heavy atom. The summed E-state index contributed by atoms with van der Waals surface area (Å²) < 4.78 is 0. The summed E-state index contributed by atoms with van der Waals surface area (Å²) in [5.74, 6) is 1.70. The van der Waals surface area contributed by atoms with Crippen molar-refractivity contribution >= 4 is 5.78 Å². The molecule has 0 N–H and O–H groups in total. The van der Waals surface area contributed by atoms with Crippen molar-refractivity contribution in [1.29, 1.82) is 0 Å². The number of carbonyl (C=O) groups excluding carboxylic acids is 1. The van der Waals surface area contributed by atoms with Crippen LogP contribution in [0.2, 0.25) is 0 Å². The largest absolute Gasteiger partial charge is 0.303 e. The molecular formula is C17H31NO. The van der Waals surface area contributed by atoms with Crippen molar-refractivity contribution in [2.24, 2.45) is 17.3 Å². The summed E-state index contributed by atoms with van der Waals surface area (Å²) in [5, 5.41) is 0. The number of carbonyl (C=O) groups is 1. The third-order valence-corrected chi connectivity index (χ3v) is 5.42. The molecule has 0 amide bonds. The van der Waals surface area contributed by atoms with Gasteiger partial charge in [-0.3, -0.25) is 4.79 Å². The van der Waals surface area contributed by atoms with Crippen LogP contribution in [0.5, 0.6) is 0 Å². The lowest BCUT2D eigenvalue weighted by molar-refractivity contribution is -0.128. The molecule has 2 heteroatoms. The molecular weight excluding hydrogens is 234 g/mol. The minimum absolute atomic E-state index is 0.285. The highest BCUT2D eigenvalue weighted by molar-refractivity contribution is 5.82. The van der Waals surface area contributed by atoms with E-state index in [1.165, 1.54) is 25.7 Å². The van der Waals surface area contributed by atoms with Crippen molar-refractivity contribution in [3.63, 3.8) is 0 Å². The lowest BCUT2D eigenvalue weighted by atomic mass is 9.71. The van der Waals surface area contributed by atoms with E-state index in [2.05, 4.69) is 32.7 Å². The molecule has 0 aromatic rings. The zero-order valence-corrected chi connectivity index (χ0v) is 13.2. The standard InChI is InChI=1S/C17H31NO/c1-13-5-7-15(8-6-13)18(4)12-14-11-17(2,3)10-9-16(14)19/h13-15H,5-12H2,1-4H3. The van der Waals surface area contributed by atoms with E-state index in [0.717, 1.165) is 31.7 Å². The molecule has 0 aromatic heterocycles. The molecule has 2 aliphatic rings. The van der Waals surface area contributed by atoms with Crippen LogP contribution >= 0.6 is 0 Å². The molecule has 0 saturated heterocycles. The first-order valence-electron chi connectivity index (χ1n) is 8.10. The second-order valence-corrected chi connectivity index (χ2v) is 7.88. The van der Waals surface area contributed by atoms with E-state index in [0.29, 0.717) is 17.2 Å². The van der Waals surface area contributed by atoms with Gasteiger partial charge in [-0.05, 0) is 56.9 Å². The van der Waals surface area contributed by atoms with Crippen LogP contribution < -0.4 is 0 Å². The summed E-state index contributed by atoms with van der Waals surface area (Å²) in [5.41, 5.74) is 0.362. The van der Waals surface area contributed by atoms with Gasteiger partial charge in [0.05, 0.1) is 0 Å². The Hall–Kier alpha value is -0.370. The Kier molecular flexibility index (Phi) is 4.70. The topological polar surface area (TPSA) is 20.3 Å². The average Bonchev–Trinajstić information content (AvgIpc) is 2.34. The van der Waals surface area contributed by atoms with Crippen LogP contribution in [0.25, 0.3) is 0 Å². The summed E-state index contributed by atoms with van der Waals surface area (Å²) in [6.45, 7) is 7.98. The molecule has 2 saturated carbocycles. The highest BCUT2D eigenvalue weighted by Crippen LogP contribution is 2.37. The van der Waals surface area contributed by atoms with Gasteiger partial charge < -0.3 is 4.90 Å². The second kappa shape index (κ2) is 5.95. The van der Waals surface area contributed by atoms with Crippen LogP contribution in [-0.4, -0.2) is 30.3 Å². The summed E-state index contributed by atoms with van der Waals surface area (Å²) in [4.78, 5) is 14.6. The van der Waals surface area contributed by atoms with Crippen LogP contribution in [-0.2, 0) is 4.79 Å². The maximum Gasteiger partial charge on any atom is 0.137 e. The summed E-state index contributed by atoms with van der Waals surface area (Å²) in [6, 6.07) is 0.717. The first-order chi connectivity index (χ1) is 8.87.